The molecule has 10 rings (SSSR count). The lowest BCUT2D eigenvalue weighted by Crippen LogP contribution is -2.00. The Balaban J connectivity index is 1.07. The summed E-state index contributed by atoms with van der Waals surface area (Å²) in [5.74, 6) is 2.53. The van der Waals surface area contributed by atoms with Crippen LogP contribution in [0.4, 0.5) is 0 Å². The van der Waals surface area contributed by atoms with Gasteiger partial charge in [-0.15, -0.1) is 11.3 Å². The molecule has 0 radical (unpaired) electrons. The molecule has 0 amide bonds. The lowest BCUT2D eigenvalue weighted by molar-refractivity contribution is 1.07. The molecule has 0 fully saturated rings. The van der Waals surface area contributed by atoms with E-state index in [1.165, 1.54) is 15.8 Å². The highest BCUT2D eigenvalue weighted by Crippen LogP contribution is 2.40. The molecule has 6 heteroatoms. The van der Waals surface area contributed by atoms with E-state index < -0.39 is 0 Å². The van der Waals surface area contributed by atoms with Crippen LogP contribution in [0.25, 0.3) is 99.4 Å². The summed E-state index contributed by atoms with van der Waals surface area (Å²) >= 11 is 1.72. The maximum atomic E-state index is 5.30. The minimum atomic E-state index is 0.601. The van der Waals surface area contributed by atoms with Gasteiger partial charge in [0.25, 0.3) is 0 Å². The van der Waals surface area contributed by atoms with Gasteiger partial charge in [-0.05, 0) is 34.4 Å². The number of aromatic nitrogens is 5. The lowest BCUT2D eigenvalue weighted by atomic mass is 9.99. The number of hydrogen-bond donors (Lipinski definition) is 0. The van der Waals surface area contributed by atoms with E-state index in [1.54, 1.807) is 11.3 Å². The fourth-order valence-corrected chi connectivity index (χ4v) is 8.11. The Hall–Kier alpha value is -7.15. The van der Waals surface area contributed by atoms with Crippen LogP contribution in [0.15, 0.2) is 188 Å². The average Bonchev–Trinajstić information content (AvgIpc) is 3.66. The molecule has 0 unspecified atom stereocenters. The van der Waals surface area contributed by atoms with Crippen molar-refractivity contribution in [1.29, 1.82) is 0 Å². The van der Waals surface area contributed by atoms with E-state index in [9.17, 15) is 0 Å². The van der Waals surface area contributed by atoms with E-state index in [1.807, 2.05) is 66.7 Å². The second kappa shape index (κ2) is 14.0. The van der Waals surface area contributed by atoms with Crippen LogP contribution in [0.5, 0.6) is 0 Å². The van der Waals surface area contributed by atoms with Crippen molar-refractivity contribution in [2.24, 2.45) is 0 Å². The number of nitrogens with zero attached hydrogens (tertiary/aromatic N) is 5. The normalized spacial score (nSPS) is 11.3. The molecule has 3 heterocycles. The third-order valence-electron chi connectivity index (χ3n) is 9.78. The molecule has 10 aromatic rings. The molecule has 0 saturated carbocycles. The van der Waals surface area contributed by atoms with E-state index in [0.717, 1.165) is 60.2 Å². The maximum absolute atomic E-state index is 5.30. The lowest BCUT2D eigenvalue weighted by Gasteiger charge is -2.11. The minimum absolute atomic E-state index is 0.601. The largest absolute Gasteiger partial charge is 0.226 e. The Morgan fingerprint density at radius 3 is 1.27 bits per heavy atom. The Bertz CT molecular complexity index is 2890. The fourth-order valence-electron chi connectivity index (χ4n) is 6.96. The van der Waals surface area contributed by atoms with Crippen molar-refractivity contribution >= 4 is 31.6 Å². The van der Waals surface area contributed by atoms with Crippen molar-refractivity contribution in [2.75, 3.05) is 0 Å². The quantitative estimate of drug-likeness (QED) is 0.164. The van der Waals surface area contributed by atoms with Crippen molar-refractivity contribution in [2.45, 2.75) is 0 Å². The Morgan fingerprint density at radius 2 is 0.691 bits per heavy atom. The Labute approximate surface area is 322 Å². The molecule has 7 aromatic carbocycles. The van der Waals surface area contributed by atoms with Gasteiger partial charge in [-0.25, -0.2) is 24.9 Å². The van der Waals surface area contributed by atoms with Crippen LogP contribution in [0, 0.1) is 0 Å². The van der Waals surface area contributed by atoms with Gasteiger partial charge in [-0.2, -0.15) is 0 Å². The summed E-state index contributed by atoms with van der Waals surface area (Å²) in [5.41, 5.74) is 11.2. The minimum Gasteiger partial charge on any atom is -0.226 e. The molecule has 3 aromatic heterocycles. The van der Waals surface area contributed by atoms with Gasteiger partial charge in [-0.1, -0.05) is 176 Å². The summed E-state index contributed by atoms with van der Waals surface area (Å²) in [7, 11) is 0. The van der Waals surface area contributed by atoms with Crippen LogP contribution < -0.4 is 0 Å². The summed E-state index contributed by atoms with van der Waals surface area (Å²) in [6.45, 7) is 0. The fraction of sp³-hybridized carbons (Fsp3) is 0. The molecule has 0 aliphatic heterocycles. The van der Waals surface area contributed by atoms with E-state index in [-0.39, 0.29) is 0 Å². The van der Waals surface area contributed by atoms with Gasteiger partial charge >= 0.3 is 0 Å². The second-order valence-corrected chi connectivity index (χ2v) is 14.4. The van der Waals surface area contributed by atoms with Crippen LogP contribution in [0.3, 0.4) is 0 Å². The predicted octanol–water partition coefficient (Wildman–Crippen LogP) is 12.7. The monoisotopic (exact) mass is 721 g/mol. The van der Waals surface area contributed by atoms with Crippen LogP contribution in [0.2, 0.25) is 0 Å². The van der Waals surface area contributed by atoms with Crippen molar-refractivity contribution < 1.29 is 0 Å². The molecule has 0 bridgehead atoms. The molecule has 5 nitrogen and oxygen atoms in total. The Kier molecular flexibility index (Phi) is 8.28. The first-order valence-electron chi connectivity index (χ1n) is 18.2. The molecule has 0 N–H and O–H groups in total. The number of thiophene rings is 1. The van der Waals surface area contributed by atoms with Crippen LogP contribution in [0.1, 0.15) is 0 Å². The van der Waals surface area contributed by atoms with Gasteiger partial charge in [0.15, 0.2) is 23.3 Å². The van der Waals surface area contributed by atoms with Crippen molar-refractivity contribution in [1.82, 2.24) is 24.9 Å². The summed E-state index contributed by atoms with van der Waals surface area (Å²) < 4.78 is 2.22. The average molecular weight is 722 g/mol. The summed E-state index contributed by atoms with van der Waals surface area (Å²) in [6.07, 6.45) is 0. The highest BCUT2D eigenvalue weighted by molar-refractivity contribution is 7.26. The molecule has 0 aliphatic carbocycles. The first kappa shape index (κ1) is 32.5. The van der Waals surface area contributed by atoms with E-state index in [2.05, 4.69) is 121 Å². The molecule has 0 spiro atoms. The number of benzene rings is 7. The van der Waals surface area contributed by atoms with Crippen molar-refractivity contribution in [3.63, 3.8) is 0 Å². The summed E-state index contributed by atoms with van der Waals surface area (Å²) in [5, 5.41) is 1.12. The van der Waals surface area contributed by atoms with Gasteiger partial charge in [0, 0.05) is 37.9 Å². The van der Waals surface area contributed by atoms with Gasteiger partial charge in [-0.3, -0.25) is 0 Å². The molecule has 0 saturated heterocycles. The number of hydrogen-bond acceptors (Lipinski definition) is 6. The first-order chi connectivity index (χ1) is 27.2. The molecule has 0 atom stereocenters. The SMILES string of the molecule is c1ccc(-c2ccc(-c3ccc(-c4nc(-c5cccc(-c6nc(-c7ccccc7)nc(-c7ccccc7)n6)c5)c5sc6ccccc6c5n4)cc3)cc2)cc1. The summed E-state index contributed by atoms with van der Waals surface area (Å²) in [6, 6.07) is 64.6. The highest BCUT2D eigenvalue weighted by Gasteiger charge is 2.18. The van der Waals surface area contributed by atoms with E-state index in [4.69, 9.17) is 24.9 Å². The highest BCUT2D eigenvalue weighted by atomic mass is 32.1. The van der Waals surface area contributed by atoms with Gasteiger partial charge in [0.2, 0.25) is 0 Å². The van der Waals surface area contributed by atoms with Crippen LogP contribution in [-0.4, -0.2) is 24.9 Å². The van der Waals surface area contributed by atoms with Crippen LogP contribution >= 0.6 is 11.3 Å². The van der Waals surface area contributed by atoms with Gasteiger partial charge in [0.05, 0.1) is 15.9 Å². The zero-order chi connectivity index (χ0) is 36.6. The zero-order valence-corrected chi connectivity index (χ0v) is 30.4. The first-order valence-corrected chi connectivity index (χ1v) is 19.0. The molecule has 55 heavy (non-hydrogen) atoms. The Morgan fingerprint density at radius 1 is 0.291 bits per heavy atom. The molecule has 0 aliphatic rings. The second-order valence-electron chi connectivity index (χ2n) is 13.3. The van der Waals surface area contributed by atoms with Crippen molar-refractivity contribution in [3.8, 4) is 79.1 Å². The van der Waals surface area contributed by atoms with E-state index in [0.29, 0.717) is 23.3 Å². The molecule has 258 valence electrons. The molecular weight excluding hydrogens is 691 g/mol. The predicted molar refractivity (Wildman–Crippen MR) is 226 cm³/mol. The third-order valence-corrected chi connectivity index (χ3v) is 10.9. The van der Waals surface area contributed by atoms with Gasteiger partial charge < -0.3 is 0 Å². The topological polar surface area (TPSA) is 64.5 Å². The zero-order valence-electron chi connectivity index (χ0n) is 29.5. The van der Waals surface area contributed by atoms with Crippen molar-refractivity contribution in [3.05, 3.63) is 188 Å². The van der Waals surface area contributed by atoms with Gasteiger partial charge in [0.1, 0.15) is 0 Å². The third kappa shape index (κ3) is 6.35. The summed E-state index contributed by atoms with van der Waals surface area (Å²) in [4.78, 5) is 25.4. The maximum Gasteiger partial charge on any atom is 0.164 e. The number of fused-ring (bicyclic) bond motifs is 3. The van der Waals surface area contributed by atoms with Crippen LogP contribution in [-0.2, 0) is 0 Å². The molecular formula is C49H31N5S. The number of rotatable bonds is 7. The smallest absolute Gasteiger partial charge is 0.164 e. The van der Waals surface area contributed by atoms with E-state index >= 15 is 0 Å². The standard InChI is InChI=1S/C49H31N5S/c1-4-13-32(14-5-1)33-23-25-34(26-24-33)35-27-29-38(30-28-35)46-50-43(45-44(51-46)41-21-10-11-22-42(41)55-45)39-19-12-20-40(31-39)49-53-47(36-15-6-2-7-16-36)52-48(54-49)37-17-8-3-9-18-37/h1-31H.